The number of hydrogen-bond acceptors (Lipinski definition) is 5. The van der Waals surface area contributed by atoms with Crippen LogP contribution in [0.4, 0.5) is 23.7 Å². The lowest BCUT2D eigenvalue weighted by molar-refractivity contribution is -0.137. The van der Waals surface area contributed by atoms with Gasteiger partial charge in [-0.15, -0.1) is 0 Å². The van der Waals surface area contributed by atoms with Crippen LogP contribution >= 0.6 is 0 Å². The number of fused-ring (bicyclic) bond motifs is 1. The number of anilines is 1. The van der Waals surface area contributed by atoms with E-state index in [0.717, 1.165) is 17.2 Å². The molecule has 226 valence electrons. The van der Waals surface area contributed by atoms with Gasteiger partial charge in [-0.05, 0) is 40.8 Å². The minimum absolute atomic E-state index is 0.0339. The summed E-state index contributed by atoms with van der Waals surface area (Å²) in [5.41, 5.74) is 0.669. The van der Waals surface area contributed by atoms with Crippen molar-refractivity contribution in [1.29, 1.82) is 0 Å². The van der Waals surface area contributed by atoms with Gasteiger partial charge in [0.15, 0.2) is 0 Å². The normalized spacial score (nSPS) is 12.2. The highest BCUT2D eigenvalue weighted by molar-refractivity contribution is 5.92. The van der Waals surface area contributed by atoms with Gasteiger partial charge in [0.25, 0.3) is 5.56 Å². The summed E-state index contributed by atoms with van der Waals surface area (Å²) >= 11 is 0. The molecule has 0 spiro atoms. The number of rotatable bonds is 11. The number of pyridine rings is 1. The summed E-state index contributed by atoms with van der Waals surface area (Å²) in [7, 11) is 0. The maximum atomic E-state index is 13.5. The van der Waals surface area contributed by atoms with E-state index in [9.17, 15) is 22.8 Å². The van der Waals surface area contributed by atoms with Gasteiger partial charge in [0.05, 0.1) is 25.4 Å². The molecule has 1 amide bonds. The molecule has 1 heterocycles. The quantitative estimate of drug-likeness (QED) is 0.163. The van der Waals surface area contributed by atoms with E-state index in [4.69, 9.17) is 14.2 Å². The lowest BCUT2D eigenvalue weighted by Gasteiger charge is -2.19. The molecule has 0 saturated carbocycles. The smallest absolute Gasteiger partial charge is 0.417 e. The predicted octanol–water partition coefficient (Wildman–Crippen LogP) is 7.56. The van der Waals surface area contributed by atoms with Crippen molar-refractivity contribution in [1.82, 2.24) is 4.98 Å². The number of amides is 1. The van der Waals surface area contributed by atoms with Crippen molar-refractivity contribution in [2.45, 2.75) is 25.5 Å². The van der Waals surface area contributed by atoms with Gasteiger partial charge in [0, 0.05) is 22.3 Å². The zero-order valence-corrected chi connectivity index (χ0v) is 23.5. The van der Waals surface area contributed by atoms with E-state index in [1.54, 1.807) is 6.07 Å². The number of aromatic amines is 1. The van der Waals surface area contributed by atoms with E-state index in [1.165, 1.54) is 36.4 Å². The number of benzene rings is 4. The minimum atomic E-state index is -4.59. The highest BCUT2D eigenvalue weighted by Gasteiger charge is 2.33. The number of nitrogens with one attached hydrogen (secondary N) is 2. The van der Waals surface area contributed by atoms with Crippen LogP contribution < -0.4 is 10.9 Å². The van der Waals surface area contributed by atoms with Crippen molar-refractivity contribution in [2.75, 3.05) is 18.5 Å². The largest absolute Gasteiger partial charge is 0.446 e. The number of ether oxygens (including phenoxy) is 3. The van der Waals surface area contributed by atoms with Crippen LogP contribution in [0.25, 0.3) is 22.0 Å². The second-order valence-electron chi connectivity index (χ2n) is 10.0. The summed E-state index contributed by atoms with van der Waals surface area (Å²) in [6.07, 6.45) is -5.91. The third-order valence-electron chi connectivity index (χ3n) is 6.76. The summed E-state index contributed by atoms with van der Waals surface area (Å²) in [6.45, 7) is 0.755. The van der Waals surface area contributed by atoms with Crippen LogP contribution in [0.1, 0.15) is 16.7 Å². The predicted molar refractivity (Wildman–Crippen MR) is 161 cm³/mol. The van der Waals surface area contributed by atoms with E-state index in [-0.39, 0.29) is 35.5 Å². The maximum absolute atomic E-state index is 13.5. The highest BCUT2D eigenvalue weighted by atomic mass is 19.4. The molecule has 5 aromatic rings. The van der Waals surface area contributed by atoms with Crippen LogP contribution in [0.15, 0.2) is 114 Å². The molecule has 1 aromatic heterocycles. The van der Waals surface area contributed by atoms with Crippen molar-refractivity contribution in [3.8, 4) is 11.3 Å². The standard InChI is InChI=1S/C34H29F3N2O5/c35-34(36,37)30-14-8-7-13-28(30)31-17-25-15-16-26(18-29(25)32(40)39-31)38-33(41)44-22-27(43-20-24-11-5-2-6-12-24)21-42-19-23-9-3-1-4-10-23/h1-18,27H,19-22H2,(H,38,41)(H,39,40). The Hall–Kier alpha value is -4.93. The second-order valence-corrected chi connectivity index (χ2v) is 10.0. The van der Waals surface area contributed by atoms with Crippen LogP contribution in [0.3, 0.4) is 0 Å². The van der Waals surface area contributed by atoms with Gasteiger partial charge in [-0.25, -0.2) is 4.79 Å². The molecule has 0 aliphatic rings. The van der Waals surface area contributed by atoms with E-state index < -0.39 is 29.5 Å². The Kier molecular flexibility index (Phi) is 9.73. The third kappa shape index (κ3) is 8.12. The molecule has 2 N–H and O–H groups in total. The lowest BCUT2D eigenvalue weighted by Crippen LogP contribution is -2.28. The lowest BCUT2D eigenvalue weighted by atomic mass is 10.0. The first-order chi connectivity index (χ1) is 21.3. The van der Waals surface area contributed by atoms with Gasteiger partial charge < -0.3 is 19.2 Å². The number of hydrogen-bond donors (Lipinski definition) is 2. The highest BCUT2D eigenvalue weighted by Crippen LogP contribution is 2.36. The molecule has 5 rings (SSSR count). The SMILES string of the molecule is O=C(Nc1ccc2cc(-c3ccccc3C(F)(F)F)[nH]c(=O)c2c1)OCC(COCc1ccccc1)OCc1ccccc1. The van der Waals surface area contributed by atoms with Crippen LogP contribution in [-0.4, -0.2) is 30.4 Å². The Morgan fingerprint density at radius 2 is 1.45 bits per heavy atom. The molecule has 0 bridgehead atoms. The first-order valence-electron chi connectivity index (χ1n) is 13.8. The minimum Gasteiger partial charge on any atom is -0.446 e. The van der Waals surface area contributed by atoms with Gasteiger partial charge in [-0.2, -0.15) is 13.2 Å². The Morgan fingerprint density at radius 3 is 2.16 bits per heavy atom. The van der Waals surface area contributed by atoms with E-state index in [1.807, 2.05) is 60.7 Å². The fraction of sp³-hybridized carbons (Fsp3) is 0.176. The molecule has 0 fully saturated rings. The van der Waals surface area contributed by atoms with E-state index in [0.29, 0.717) is 18.6 Å². The average Bonchev–Trinajstić information content (AvgIpc) is 3.03. The summed E-state index contributed by atoms with van der Waals surface area (Å²) in [4.78, 5) is 28.1. The molecule has 0 radical (unpaired) electrons. The van der Waals surface area contributed by atoms with Gasteiger partial charge in [0.2, 0.25) is 0 Å². The van der Waals surface area contributed by atoms with Crippen molar-refractivity contribution < 1.29 is 32.2 Å². The fourth-order valence-electron chi connectivity index (χ4n) is 4.59. The monoisotopic (exact) mass is 602 g/mol. The molecule has 1 atom stereocenters. The number of halogens is 3. The molecule has 44 heavy (non-hydrogen) atoms. The second kappa shape index (κ2) is 14.0. The molecule has 4 aromatic carbocycles. The van der Waals surface area contributed by atoms with Gasteiger partial charge in [-0.3, -0.25) is 10.1 Å². The first kappa shape index (κ1) is 30.5. The zero-order chi connectivity index (χ0) is 30.9. The number of H-pyrrole nitrogens is 1. The molecule has 0 aliphatic heterocycles. The molecule has 7 nitrogen and oxygen atoms in total. The third-order valence-corrected chi connectivity index (χ3v) is 6.76. The molecule has 10 heteroatoms. The average molecular weight is 603 g/mol. The fourth-order valence-corrected chi connectivity index (χ4v) is 4.59. The molecule has 0 aliphatic carbocycles. The number of aromatic nitrogens is 1. The van der Waals surface area contributed by atoms with E-state index in [2.05, 4.69) is 10.3 Å². The topological polar surface area (TPSA) is 89.7 Å². The van der Waals surface area contributed by atoms with Crippen LogP contribution in [-0.2, 0) is 33.6 Å². The first-order valence-corrected chi connectivity index (χ1v) is 13.8. The van der Waals surface area contributed by atoms with Gasteiger partial charge in [0.1, 0.15) is 12.7 Å². The summed E-state index contributed by atoms with van der Waals surface area (Å²) in [6, 6.07) is 30.2. The van der Waals surface area contributed by atoms with Crippen molar-refractivity contribution in [3.63, 3.8) is 0 Å². The summed E-state index contributed by atoms with van der Waals surface area (Å²) < 4.78 is 57.8. The van der Waals surface area contributed by atoms with E-state index >= 15 is 0 Å². The Labute approximate surface area is 251 Å². The maximum Gasteiger partial charge on any atom is 0.417 e. The van der Waals surface area contributed by atoms with Crippen LogP contribution in [0.5, 0.6) is 0 Å². The Bertz CT molecular complexity index is 1760. The van der Waals surface area contributed by atoms with Gasteiger partial charge >= 0.3 is 12.3 Å². The molecular formula is C34H29F3N2O5. The van der Waals surface area contributed by atoms with Crippen LogP contribution in [0.2, 0.25) is 0 Å². The number of alkyl halides is 3. The molecular weight excluding hydrogens is 573 g/mol. The molecule has 0 saturated heterocycles. The van der Waals surface area contributed by atoms with Crippen molar-refractivity contribution in [3.05, 3.63) is 136 Å². The number of carbonyl (C=O) groups excluding carboxylic acids is 1. The zero-order valence-electron chi connectivity index (χ0n) is 23.5. The molecule has 1 unspecified atom stereocenters. The van der Waals surface area contributed by atoms with Gasteiger partial charge in [-0.1, -0.05) is 84.9 Å². The Balaban J connectivity index is 1.23. The van der Waals surface area contributed by atoms with Crippen molar-refractivity contribution >= 4 is 22.6 Å². The summed E-state index contributed by atoms with van der Waals surface area (Å²) in [5.74, 6) is 0. The summed E-state index contributed by atoms with van der Waals surface area (Å²) in [5, 5.41) is 3.18. The Morgan fingerprint density at radius 1 is 0.795 bits per heavy atom. The number of carbonyl (C=O) groups is 1. The van der Waals surface area contributed by atoms with Crippen molar-refractivity contribution in [2.24, 2.45) is 0 Å². The van der Waals surface area contributed by atoms with Crippen LogP contribution in [0, 0.1) is 0 Å².